The Morgan fingerprint density at radius 3 is 1.58 bits per heavy atom. The van der Waals surface area contributed by atoms with Crippen LogP contribution >= 0.6 is 0 Å². The molecule has 1 atom stereocenters. The van der Waals surface area contributed by atoms with Crippen molar-refractivity contribution < 1.29 is 0 Å². The van der Waals surface area contributed by atoms with Gasteiger partial charge in [-0.25, -0.2) is 0 Å². The summed E-state index contributed by atoms with van der Waals surface area (Å²) < 4.78 is 2.66. The minimum Gasteiger partial charge on any atom is -0.332 e. The fourth-order valence-corrected chi connectivity index (χ4v) is 9.73. The average molecular weight is 781 g/mol. The van der Waals surface area contributed by atoms with Crippen LogP contribution in [-0.2, 0) is 16.2 Å². The van der Waals surface area contributed by atoms with Crippen molar-refractivity contribution in [3.05, 3.63) is 179 Å². The van der Waals surface area contributed by atoms with Gasteiger partial charge in [0.05, 0.1) is 11.7 Å². The largest absolute Gasteiger partial charge is 0.332 e. The lowest BCUT2D eigenvalue weighted by molar-refractivity contribution is 0.590. The van der Waals surface area contributed by atoms with Crippen LogP contribution in [0.3, 0.4) is 0 Å². The minimum absolute atomic E-state index is 0.0593. The lowest BCUT2D eigenvalue weighted by atomic mass is 9.85. The average Bonchev–Trinajstić information content (AvgIpc) is 3.56. The molecule has 0 bridgehead atoms. The van der Waals surface area contributed by atoms with E-state index in [4.69, 9.17) is 0 Å². The second-order valence-corrected chi connectivity index (χ2v) is 20.2. The highest BCUT2D eigenvalue weighted by Gasteiger charge is 2.28. The van der Waals surface area contributed by atoms with Crippen LogP contribution in [0.25, 0.3) is 60.6 Å². The topological polar surface area (TPSA) is 8.17 Å². The van der Waals surface area contributed by atoms with Gasteiger partial charge in [0, 0.05) is 38.6 Å². The SMILES string of the molecule is CC(C)(C)c1ccc(-c2ccc(N(c3ccccc3)c3ccc4ccc5c6c(ccc3c46)=CCC5n3c4ccc(C(C)(C)C)cc4c4cc(C(C)(C)C)ccc43)cc2)cc1. The third kappa shape index (κ3) is 6.31. The molecule has 1 heterocycles. The highest BCUT2D eigenvalue weighted by Crippen LogP contribution is 2.46. The van der Waals surface area contributed by atoms with Crippen LogP contribution in [0.1, 0.15) is 97.0 Å². The molecule has 0 N–H and O–H groups in total. The second kappa shape index (κ2) is 13.7. The Bertz CT molecular complexity index is 3070. The predicted octanol–water partition coefficient (Wildman–Crippen LogP) is 15.6. The Hall–Kier alpha value is -6.12. The zero-order valence-electron chi connectivity index (χ0n) is 36.7. The summed E-state index contributed by atoms with van der Waals surface area (Å²) in [5.41, 5.74) is 14.3. The monoisotopic (exact) mass is 780 g/mol. The number of rotatable bonds is 5. The van der Waals surface area contributed by atoms with E-state index in [1.165, 1.54) is 87.6 Å². The normalized spacial score (nSPS) is 14.7. The van der Waals surface area contributed by atoms with Gasteiger partial charge < -0.3 is 9.47 Å². The minimum atomic E-state index is 0.0593. The summed E-state index contributed by atoms with van der Waals surface area (Å²) >= 11 is 0. The van der Waals surface area contributed by atoms with Gasteiger partial charge in [-0.3, -0.25) is 0 Å². The van der Waals surface area contributed by atoms with Crippen molar-refractivity contribution in [2.24, 2.45) is 0 Å². The number of benzene rings is 8. The highest BCUT2D eigenvalue weighted by atomic mass is 15.1. The van der Waals surface area contributed by atoms with Gasteiger partial charge in [0.25, 0.3) is 0 Å². The van der Waals surface area contributed by atoms with Crippen LogP contribution in [0.15, 0.2) is 152 Å². The maximum Gasteiger partial charge on any atom is 0.0633 e. The summed E-state index contributed by atoms with van der Waals surface area (Å²) in [6.07, 6.45) is 3.43. The van der Waals surface area contributed by atoms with Crippen LogP contribution in [0, 0.1) is 0 Å². The first-order valence-electron chi connectivity index (χ1n) is 21.8. The smallest absolute Gasteiger partial charge is 0.0633 e. The second-order valence-electron chi connectivity index (χ2n) is 20.2. The molecule has 8 aromatic carbocycles. The van der Waals surface area contributed by atoms with E-state index in [9.17, 15) is 0 Å². The number of nitrogens with zero attached hydrogens (tertiary/aromatic N) is 2. The van der Waals surface area contributed by atoms with Gasteiger partial charge >= 0.3 is 0 Å². The standard InChI is InChI=1S/C58H56N2/c1-56(2,3)41-23-15-37(16-24-41)38-17-27-45(28-18-38)59(44-13-11-10-12-14-44)50-31-21-39-20-30-47-51(32-22-40-19-29-46(50)54(39)55(40)47)60-52-33-25-42(57(4,5)6)35-48(52)49-36-43(58(7,8)9)26-34-53(49)60/h10-31,33-36,51H,32H2,1-9H3. The molecule has 1 aliphatic rings. The van der Waals surface area contributed by atoms with Crippen molar-refractivity contribution in [1.82, 2.24) is 4.57 Å². The van der Waals surface area contributed by atoms with Crippen molar-refractivity contribution in [2.75, 3.05) is 4.90 Å². The lowest BCUT2D eigenvalue weighted by Gasteiger charge is -2.30. The third-order valence-electron chi connectivity index (χ3n) is 13.2. The molecule has 2 heteroatoms. The summed E-state index contributed by atoms with van der Waals surface area (Å²) in [7, 11) is 0. The van der Waals surface area contributed by atoms with Gasteiger partial charge in [0.1, 0.15) is 0 Å². The van der Waals surface area contributed by atoms with Gasteiger partial charge in [-0.2, -0.15) is 0 Å². The molecule has 10 rings (SSSR count). The molecule has 0 fully saturated rings. The number of fused-ring (bicyclic) bond motifs is 3. The van der Waals surface area contributed by atoms with E-state index in [0.29, 0.717) is 0 Å². The molecule has 2 nitrogen and oxygen atoms in total. The summed E-state index contributed by atoms with van der Waals surface area (Å²) in [5, 5.41) is 9.28. The molecular formula is C58H56N2. The van der Waals surface area contributed by atoms with Crippen LogP contribution < -0.4 is 10.1 Å². The summed E-state index contributed by atoms with van der Waals surface area (Å²) in [6.45, 7) is 20.7. The van der Waals surface area contributed by atoms with Crippen molar-refractivity contribution in [3.8, 4) is 11.1 Å². The van der Waals surface area contributed by atoms with Crippen molar-refractivity contribution in [3.63, 3.8) is 0 Å². The van der Waals surface area contributed by atoms with Gasteiger partial charge in [-0.15, -0.1) is 0 Å². The first-order chi connectivity index (χ1) is 28.6. The molecule has 0 amide bonds. The number of para-hydroxylation sites is 1. The number of anilines is 3. The maximum absolute atomic E-state index is 2.66. The van der Waals surface area contributed by atoms with Crippen molar-refractivity contribution in [2.45, 2.75) is 91.0 Å². The molecule has 1 aliphatic carbocycles. The molecule has 0 radical (unpaired) electrons. The fraction of sp³-hybridized carbons (Fsp3) is 0.241. The number of hydrogen-bond acceptors (Lipinski definition) is 1. The molecule has 298 valence electrons. The third-order valence-corrected chi connectivity index (χ3v) is 13.2. The van der Waals surface area contributed by atoms with Crippen LogP contribution in [0.4, 0.5) is 17.1 Å². The Balaban J connectivity index is 1.14. The molecule has 0 aliphatic heterocycles. The molecule has 1 unspecified atom stereocenters. The summed E-state index contributed by atoms with van der Waals surface area (Å²) in [6, 6.07) is 57.8. The van der Waals surface area contributed by atoms with Gasteiger partial charge in [0.15, 0.2) is 0 Å². The summed E-state index contributed by atoms with van der Waals surface area (Å²) in [5.74, 6) is 0. The Kier molecular flexibility index (Phi) is 8.71. The first kappa shape index (κ1) is 38.1. The zero-order valence-corrected chi connectivity index (χ0v) is 36.7. The van der Waals surface area contributed by atoms with E-state index in [1.54, 1.807) is 0 Å². The predicted molar refractivity (Wildman–Crippen MR) is 260 cm³/mol. The number of aromatic nitrogens is 1. The number of hydrogen-bond donors (Lipinski definition) is 0. The molecule has 0 saturated heterocycles. The first-order valence-corrected chi connectivity index (χ1v) is 21.8. The Morgan fingerprint density at radius 1 is 0.467 bits per heavy atom. The Morgan fingerprint density at radius 2 is 1.00 bits per heavy atom. The molecule has 9 aromatic rings. The lowest BCUT2D eigenvalue weighted by Crippen LogP contribution is -2.19. The van der Waals surface area contributed by atoms with E-state index in [1.807, 2.05) is 0 Å². The van der Waals surface area contributed by atoms with Crippen molar-refractivity contribution >= 4 is 66.5 Å². The molecule has 60 heavy (non-hydrogen) atoms. The van der Waals surface area contributed by atoms with E-state index < -0.39 is 0 Å². The van der Waals surface area contributed by atoms with E-state index in [2.05, 4.69) is 230 Å². The fourth-order valence-electron chi connectivity index (χ4n) is 9.73. The quantitative estimate of drug-likeness (QED) is 0.169. The van der Waals surface area contributed by atoms with Crippen LogP contribution in [0.5, 0.6) is 0 Å². The summed E-state index contributed by atoms with van der Waals surface area (Å²) in [4.78, 5) is 2.44. The van der Waals surface area contributed by atoms with Crippen LogP contribution in [-0.4, -0.2) is 4.57 Å². The molecule has 0 spiro atoms. The molecule has 0 saturated carbocycles. The van der Waals surface area contributed by atoms with Crippen LogP contribution in [0.2, 0.25) is 0 Å². The van der Waals surface area contributed by atoms with Gasteiger partial charge in [0.2, 0.25) is 0 Å². The highest BCUT2D eigenvalue weighted by molar-refractivity contribution is 6.17. The maximum atomic E-state index is 2.66. The zero-order chi connectivity index (χ0) is 41.7. The molecule has 1 aromatic heterocycles. The molecular weight excluding hydrogens is 725 g/mol. The Labute approximate surface area is 355 Å². The van der Waals surface area contributed by atoms with Gasteiger partial charge in [-0.1, -0.05) is 165 Å². The van der Waals surface area contributed by atoms with E-state index in [0.717, 1.165) is 17.8 Å². The van der Waals surface area contributed by atoms with Gasteiger partial charge in [-0.05, 0) is 132 Å². The van der Waals surface area contributed by atoms with E-state index >= 15 is 0 Å². The van der Waals surface area contributed by atoms with Crippen molar-refractivity contribution in [1.29, 1.82) is 0 Å². The van der Waals surface area contributed by atoms with E-state index in [-0.39, 0.29) is 22.3 Å².